The van der Waals surface area contributed by atoms with Gasteiger partial charge in [-0.3, -0.25) is 4.90 Å². The van der Waals surface area contributed by atoms with Gasteiger partial charge in [-0.25, -0.2) is 0 Å². The van der Waals surface area contributed by atoms with Crippen molar-refractivity contribution < 1.29 is 4.74 Å². The molecule has 0 bridgehead atoms. The van der Waals surface area contributed by atoms with Gasteiger partial charge in [-0.15, -0.1) is 0 Å². The highest BCUT2D eigenvalue weighted by molar-refractivity contribution is 5.28. The first-order valence-corrected chi connectivity index (χ1v) is 7.97. The molecular weight excluding hydrogens is 260 g/mol. The minimum atomic E-state index is 0.214. The summed E-state index contributed by atoms with van der Waals surface area (Å²) in [4.78, 5) is 2.49. The van der Waals surface area contributed by atoms with Crippen molar-refractivity contribution in [2.45, 2.75) is 51.7 Å². The standard InChI is InChI=1S/C18H30N2O/c1-18(2,3)19-12-15-9-10-17(15)20(4)13-14-7-6-8-16(11-14)21-5/h6-8,11,15,17,19H,9-10,12-13H2,1-5H3. The SMILES string of the molecule is COc1cccc(CN(C)C2CCC2CNC(C)(C)C)c1. The Balaban J connectivity index is 1.86. The van der Waals surface area contributed by atoms with E-state index in [1.165, 1.54) is 18.4 Å². The van der Waals surface area contributed by atoms with Crippen LogP contribution in [0.3, 0.4) is 0 Å². The van der Waals surface area contributed by atoms with Crippen LogP contribution in [0, 0.1) is 5.92 Å². The minimum absolute atomic E-state index is 0.214. The van der Waals surface area contributed by atoms with E-state index in [1.54, 1.807) is 7.11 Å². The highest BCUT2D eigenvalue weighted by atomic mass is 16.5. The van der Waals surface area contributed by atoms with Crippen LogP contribution >= 0.6 is 0 Å². The van der Waals surface area contributed by atoms with Crippen LogP contribution in [0.15, 0.2) is 24.3 Å². The molecule has 0 heterocycles. The molecule has 0 saturated heterocycles. The van der Waals surface area contributed by atoms with E-state index in [4.69, 9.17) is 4.74 Å². The number of nitrogens with zero attached hydrogens (tertiary/aromatic N) is 1. The Hall–Kier alpha value is -1.06. The summed E-state index contributed by atoms with van der Waals surface area (Å²) >= 11 is 0. The van der Waals surface area contributed by atoms with Crippen LogP contribution in [0.5, 0.6) is 5.75 Å². The molecule has 0 aromatic heterocycles. The quantitative estimate of drug-likeness (QED) is 0.870. The smallest absolute Gasteiger partial charge is 0.119 e. The lowest BCUT2D eigenvalue weighted by Gasteiger charge is -2.44. The Morgan fingerprint density at radius 3 is 2.62 bits per heavy atom. The first kappa shape index (κ1) is 16.3. The maximum atomic E-state index is 5.31. The summed E-state index contributed by atoms with van der Waals surface area (Å²) in [6.45, 7) is 8.83. The van der Waals surface area contributed by atoms with Gasteiger partial charge in [0.1, 0.15) is 5.75 Å². The van der Waals surface area contributed by atoms with Crippen LogP contribution < -0.4 is 10.1 Å². The number of methoxy groups -OCH3 is 1. The van der Waals surface area contributed by atoms with Crippen molar-refractivity contribution >= 4 is 0 Å². The Kier molecular flexibility index (Phi) is 5.28. The van der Waals surface area contributed by atoms with Gasteiger partial charge in [0, 0.05) is 18.1 Å². The third-order valence-electron chi connectivity index (χ3n) is 4.40. The van der Waals surface area contributed by atoms with Gasteiger partial charge in [-0.1, -0.05) is 12.1 Å². The maximum Gasteiger partial charge on any atom is 0.119 e. The molecule has 2 rings (SSSR count). The fourth-order valence-corrected chi connectivity index (χ4v) is 2.98. The zero-order valence-electron chi connectivity index (χ0n) is 14.1. The maximum absolute atomic E-state index is 5.31. The lowest BCUT2D eigenvalue weighted by atomic mass is 9.78. The average molecular weight is 290 g/mol. The largest absolute Gasteiger partial charge is 0.497 e. The van der Waals surface area contributed by atoms with E-state index >= 15 is 0 Å². The summed E-state index contributed by atoms with van der Waals surface area (Å²) in [5.41, 5.74) is 1.54. The predicted octanol–water partition coefficient (Wildman–Crippen LogP) is 3.29. The summed E-state index contributed by atoms with van der Waals surface area (Å²) in [6.07, 6.45) is 2.66. The Labute approximate surface area is 129 Å². The van der Waals surface area contributed by atoms with Gasteiger partial charge in [0.25, 0.3) is 0 Å². The molecule has 1 N–H and O–H groups in total. The van der Waals surface area contributed by atoms with Crippen molar-refractivity contribution in [2.75, 3.05) is 20.7 Å². The van der Waals surface area contributed by atoms with Crippen molar-refractivity contribution in [1.29, 1.82) is 0 Å². The number of rotatable bonds is 6. The molecule has 0 radical (unpaired) electrons. The molecule has 1 aromatic rings. The Morgan fingerprint density at radius 1 is 1.29 bits per heavy atom. The third-order valence-corrected chi connectivity index (χ3v) is 4.40. The van der Waals surface area contributed by atoms with Crippen LogP contribution in [0.4, 0.5) is 0 Å². The van der Waals surface area contributed by atoms with Gasteiger partial charge in [0.15, 0.2) is 0 Å². The van der Waals surface area contributed by atoms with Gasteiger partial charge in [-0.05, 0) is 70.8 Å². The van der Waals surface area contributed by atoms with Crippen LogP contribution in [0.2, 0.25) is 0 Å². The van der Waals surface area contributed by atoms with Crippen molar-refractivity contribution in [2.24, 2.45) is 5.92 Å². The van der Waals surface area contributed by atoms with E-state index < -0.39 is 0 Å². The summed E-state index contributed by atoms with van der Waals surface area (Å²) in [5.74, 6) is 1.72. The molecule has 3 heteroatoms. The molecule has 2 atom stereocenters. The van der Waals surface area contributed by atoms with Crippen LogP contribution in [0.25, 0.3) is 0 Å². The minimum Gasteiger partial charge on any atom is -0.497 e. The van der Waals surface area contributed by atoms with Gasteiger partial charge in [0.05, 0.1) is 7.11 Å². The molecule has 0 spiro atoms. The molecule has 1 fully saturated rings. The Morgan fingerprint density at radius 2 is 2.05 bits per heavy atom. The molecule has 2 unspecified atom stereocenters. The molecule has 1 aliphatic rings. The molecular formula is C18H30N2O. The summed E-state index contributed by atoms with van der Waals surface area (Å²) < 4.78 is 5.31. The monoisotopic (exact) mass is 290 g/mol. The molecule has 0 aliphatic heterocycles. The molecule has 0 amide bonds. The van der Waals surface area contributed by atoms with E-state index in [2.05, 4.69) is 56.2 Å². The summed E-state index contributed by atoms with van der Waals surface area (Å²) in [6, 6.07) is 9.09. The first-order valence-electron chi connectivity index (χ1n) is 7.97. The van der Waals surface area contributed by atoms with Gasteiger partial charge >= 0.3 is 0 Å². The fraction of sp³-hybridized carbons (Fsp3) is 0.667. The second kappa shape index (κ2) is 6.80. The highest BCUT2D eigenvalue weighted by Crippen LogP contribution is 2.32. The van der Waals surface area contributed by atoms with Crippen LogP contribution in [-0.2, 0) is 6.54 Å². The number of hydrogen-bond acceptors (Lipinski definition) is 3. The molecule has 3 nitrogen and oxygen atoms in total. The molecule has 21 heavy (non-hydrogen) atoms. The summed E-state index contributed by atoms with van der Waals surface area (Å²) in [7, 11) is 3.97. The Bertz CT molecular complexity index is 453. The normalized spacial score (nSPS) is 22.2. The predicted molar refractivity (Wildman–Crippen MR) is 88.7 cm³/mol. The van der Waals surface area contributed by atoms with Gasteiger partial charge < -0.3 is 10.1 Å². The number of nitrogens with one attached hydrogen (secondary N) is 1. The third kappa shape index (κ3) is 4.72. The zero-order valence-corrected chi connectivity index (χ0v) is 14.1. The second-order valence-corrected chi connectivity index (χ2v) is 7.30. The molecule has 1 aliphatic carbocycles. The average Bonchev–Trinajstić information content (AvgIpc) is 2.36. The van der Waals surface area contributed by atoms with E-state index in [0.717, 1.165) is 24.8 Å². The second-order valence-electron chi connectivity index (χ2n) is 7.30. The lowest BCUT2D eigenvalue weighted by molar-refractivity contribution is 0.0737. The number of ether oxygens (including phenoxy) is 1. The highest BCUT2D eigenvalue weighted by Gasteiger charge is 2.34. The van der Waals surface area contributed by atoms with Crippen LogP contribution in [-0.4, -0.2) is 37.2 Å². The van der Waals surface area contributed by atoms with Gasteiger partial charge in [-0.2, -0.15) is 0 Å². The lowest BCUT2D eigenvalue weighted by Crippen LogP contribution is -2.51. The van der Waals surface area contributed by atoms with Crippen molar-refractivity contribution in [1.82, 2.24) is 10.2 Å². The zero-order chi connectivity index (χ0) is 15.5. The molecule has 1 saturated carbocycles. The first-order chi connectivity index (χ1) is 9.89. The van der Waals surface area contributed by atoms with E-state index in [9.17, 15) is 0 Å². The van der Waals surface area contributed by atoms with Crippen LogP contribution in [0.1, 0.15) is 39.2 Å². The molecule has 1 aromatic carbocycles. The molecule has 118 valence electrons. The number of hydrogen-bond donors (Lipinski definition) is 1. The van der Waals surface area contributed by atoms with Gasteiger partial charge in [0.2, 0.25) is 0 Å². The number of benzene rings is 1. The van der Waals surface area contributed by atoms with Crippen molar-refractivity contribution in [3.8, 4) is 5.75 Å². The topological polar surface area (TPSA) is 24.5 Å². The van der Waals surface area contributed by atoms with E-state index in [0.29, 0.717) is 6.04 Å². The van der Waals surface area contributed by atoms with Crippen molar-refractivity contribution in [3.05, 3.63) is 29.8 Å². The summed E-state index contributed by atoms with van der Waals surface area (Å²) in [5, 5.41) is 3.64. The van der Waals surface area contributed by atoms with E-state index in [-0.39, 0.29) is 5.54 Å². The van der Waals surface area contributed by atoms with Crippen molar-refractivity contribution in [3.63, 3.8) is 0 Å². The fourth-order valence-electron chi connectivity index (χ4n) is 2.98. The van der Waals surface area contributed by atoms with E-state index in [1.807, 2.05) is 6.07 Å².